The number of carbonyl (C=O) groups is 5. The molecule has 40 heavy (non-hydrogen) atoms. The Bertz CT molecular complexity index is 801. The summed E-state index contributed by atoms with van der Waals surface area (Å²) in [6.07, 6.45) is 11.7. The smallest absolute Gasteiger partial charge is 0.315 e. The minimum absolute atomic E-state index is 0.223. The number of amides is 4. The van der Waals surface area contributed by atoms with Gasteiger partial charge in [0.2, 0.25) is 11.7 Å². The van der Waals surface area contributed by atoms with E-state index in [1.165, 1.54) is 13.5 Å². The summed E-state index contributed by atoms with van der Waals surface area (Å²) in [5.74, 6) is 0.860. The number of terminal acetylenes is 1. The molecular formula is C30H55N5O5. The van der Waals surface area contributed by atoms with Crippen LogP contribution in [0.25, 0.3) is 0 Å². The number of carbonyl (C=O) groups excluding carboxylic acids is 5. The zero-order chi connectivity index (χ0) is 31.7. The summed E-state index contributed by atoms with van der Waals surface area (Å²) in [4.78, 5) is 59.8. The third-order valence-electron chi connectivity index (χ3n) is 5.47. The molecule has 3 unspecified atom stereocenters. The topological polar surface area (TPSA) is 137 Å². The van der Waals surface area contributed by atoms with Crippen molar-refractivity contribution in [3.63, 3.8) is 0 Å². The number of nitrogens with zero attached hydrogens (tertiary/aromatic N) is 1. The first-order valence-electron chi connectivity index (χ1n) is 14.1. The lowest BCUT2D eigenvalue weighted by Gasteiger charge is -2.26. The first kappa shape index (κ1) is 41.3. The van der Waals surface area contributed by atoms with Crippen molar-refractivity contribution in [1.29, 1.82) is 0 Å². The zero-order valence-corrected chi connectivity index (χ0v) is 26.3. The maximum absolute atomic E-state index is 12.3. The molecule has 1 rings (SSSR count). The molecule has 0 bridgehead atoms. The Hall–Kier alpha value is -3.19. The quantitative estimate of drug-likeness (QED) is 0.0998. The van der Waals surface area contributed by atoms with E-state index in [0.717, 1.165) is 25.7 Å². The number of Topliss-reactive ketones (excluding diaryl/α,β-unsaturated/α-hetero) is 1. The molecule has 230 valence electrons. The van der Waals surface area contributed by atoms with Gasteiger partial charge in [0.1, 0.15) is 6.29 Å². The number of likely N-dealkylation sites (N-methyl/N-ethyl adjacent to an activating group) is 1. The highest BCUT2D eigenvalue weighted by molar-refractivity contribution is 6.38. The van der Waals surface area contributed by atoms with Gasteiger partial charge >= 0.3 is 6.03 Å². The summed E-state index contributed by atoms with van der Waals surface area (Å²) in [6.45, 7) is 18.7. The van der Waals surface area contributed by atoms with Gasteiger partial charge in [-0.05, 0) is 44.7 Å². The first-order valence-corrected chi connectivity index (χ1v) is 14.1. The largest absolute Gasteiger partial charge is 0.349 e. The predicted molar refractivity (Wildman–Crippen MR) is 163 cm³/mol. The van der Waals surface area contributed by atoms with Crippen molar-refractivity contribution in [3.8, 4) is 12.3 Å². The molecule has 1 saturated heterocycles. The van der Waals surface area contributed by atoms with Crippen LogP contribution in [-0.2, 0) is 19.2 Å². The zero-order valence-electron chi connectivity index (χ0n) is 26.3. The summed E-state index contributed by atoms with van der Waals surface area (Å²) < 4.78 is 0. The van der Waals surface area contributed by atoms with Crippen molar-refractivity contribution >= 4 is 29.9 Å². The van der Waals surface area contributed by atoms with Crippen LogP contribution in [0.3, 0.4) is 0 Å². The van der Waals surface area contributed by atoms with Crippen molar-refractivity contribution in [2.75, 3.05) is 27.2 Å². The van der Waals surface area contributed by atoms with E-state index in [9.17, 15) is 24.0 Å². The van der Waals surface area contributed by atoms with E-state index >= 15 is 0 Å². The molecule has 3 atom stereocenters. The van der Waals surface area contributed by atoms with Gasteiger partial charge in [0.15, 0.2) is 0 Å². The molecule has 0 radical (unpaired) electrons. The van der Waals surface area contributed by atoms with Gasteiger partial charge in [0.25, 0.3) is 5.91 Å². The number of urea groups is 1. The molecule has 10 nitrogen and oxygen atoms in total. The average Bonchev–Trinajstić information content (AvgIpc) is 3.36. The lowest BCUT2D eigenvalue weighted by Crippen LogP contribution is -2.52. The third-order valence-corrected chi connectivity index (χ3v) is 5.47. The normalized spacial score (nSPS) is 15.3. The van der Waals surface area contributed by atoms with Crippen molar-refractivity contribution in [2.45, 2.75) is 105 Å². The van der Waals surface area contributed by atoms with Crippen LogP contribution in [-0.4, -0.2) is 80.1 Å². The van der Waals surface area contributed by atoms with Crippen molar-refractivity contribution in [1.82, 2.24) is 26.2 Å². The van der Waals surface area contributed by atoms with Crippen LogP contribution in [0.5, 0.6) is 0 Å². The number of hydrogen-bond acceptors (Lipinski definition) is 6. The highest BCUT2D eigenvalue weighted by Crippen LogP contribution is 2.17. The number of ketones is 1. The molecule has 4 N–H and O–H groups in total. The van der Waals surface area contributed by atoms with E-state index in [2.05, 4.69) is 47.6 Å². The number of rotatable bonds is 11. The Labute approximate surface area is 242 Å². The van der Waals surface area contributed by atoms with Crippen molar-refractivity contribution in [2.24, 2.45) is 5.41 Å². The number of likely N-dealkylation sites (tertiary alicyclic amines) is 1. The fourth-order valence-electron chi connectivity index (χ4n) is 3.21. The summed E-state index contributed by atoms with van der Waals surface area (Å²) in [7, 11) is 3.39. The highest BCUT2D eigenvalue weighted by atomic mass is 16.2. The minimum Gasteiger partial charge on any atom is -0.349 e. The minimum atomic E-state index is -0.878. The summed E-state index contributed by atoms with van der Waals surface area (Å²) in [5.41, 5.74) is -0.242. The van der Waals surface area contributed by atoms with Crippen LogP contribution in [0.4, 0.5) is 4.79 Å². The maximum Gasteiger partial charge on any atom is 0.315 e. The number of nitrogens with one attached hydrogen (secondary N) is 4. The summed E-state index contributed by atoms with van der Waals surface area (Å²) >= 11 is 0. The third kappa shape index (κ3) is 19.0. The molecule has 1 aliphatic heterocycles. The second-order valence-electron chi connectivity index (χ2n) is 10.1. The monoisotopic (exact) mass is 565 g/mol. The summed E-state index contributed by atoms with van der Waals surface area (Å²) in [6, 6.07) is -1.91. The molecular weight excluding hydrogens is 510 g/mol. The molecule has 4 amide bonds. The van der Waals surface area contributed by atoms with Gasteiger partial charge in [0, 0.05) is 20.0 Å². The van der Waals surface area contributed by atoms with Gasteiger partial charge in [-0.2, -0.15) is 0 Å². The average molecular weight is 566 g/mol. The van der Waals surface area contributed by atoms with E-state index in [4.69, 9.17) is 6.42 Å². The van der Waals surface area contributed by atoms with Crippen molar-refractivity contribution < 1.29 is 24.0 Å². The van der Waals surface area contributed by atoms with E-state index < -0.39 is 23.8 Å². The van der Waals surface area contributed by atoms with Crippen molar-refractivity contribution in [3.05, 3.63) is 12.7 Å². The molecule has 10 heteroatoms. The van der Waals surface area contributed by atoms with Crippen LogP contribution < -0.4 is 21.3 Å². The van der Waals surface area contributed by atoms with Gasteiger partial charge in [-0.1, -0.05) is 61.0 Å². The second kappa shape index (κ2) is 24.8. The Morgan fingerprint density at radius 2 is 1.73 bits per heavy atom. The molecule has 1 fully saturated rings. The van der Waals surface area contributed by atoms with E-state index in [0.29, 0.717) is 19.4 Å². The molecule has 0 aromatic carbocycles. The lowest BCUT2D eigenvalue weighted by molar-refractivity contribution is -0.140. The van der Waals surface area contributed by atoms with Crippen LogP contribution in [0, 0.1) is 17.8 Å². The van der Waals surface area contributed by atoms with Gasteiger partial charge in [-0.3, -0.25) is 19.3 Å². The molecule has 0 aromatic rings. The molecule has 0 saturated carbocycles. The van der Waals surface area contributed by atoms with Crippen LogP contribution in [0.15, 0.2) is 12.7 Å². The molecule has 1 heterocycles. The summed E-state index contributed by atoms with van der Waals surface area (Å²) in [5, 5.41) is 10.1. The van der Waals surface area contributed by atoms with Crippen LogP contribution in [0.2, 0.25) is 0 Å². The van der Waals surface area contributed by atoms with Gasteiger partial charge in [-0.25, -0.2) is 4.79 Å². The Morgan fingerprint density at radius 1 is 1.15 bits per heavy atom. The SMILES string of the molecule is C#CCCC(NC(=O)C1CCCN1C)C(=O)C(=O)NCCC=C.CC.CCC.CNC(=O)NC(C=O)C(C)(C)C. The lowest BCUT2D eigenvalue weighted by atomic mass is 9.88. The molecule has 1 aliphatic rings. The molecule has 0 spiro atoms. The standard InChI is InChI=1S/C17H25N3O3.C8H16N2O2.C3H8.C2H6/c1-4-6-9-13(15(21)17(23)18-11-7-5-2)19-16(22)14-10-8-12-20(14)3;1-8(2,3)6(5-11)10-7(12)9-4;1-3-2;1-2/h1,5,13-14H,2,6-12H2,3H3,(H,18,23)(H,19,22);5-6H,1-4H3,(H2,9,10,12);3H2,1-2H3;1-2H3. The second-order valence-corrected chi connectivity index (χ2v) is 10.1. The van der Waals surface area contributed by atoms with E-state index in [1.54, 1.807) is 6.08 Å². The van der Waals surface area contributed by atoms with E-state index in [-0.39, 0.29) is 29.8 Å². The Morgan fingerprint density at radius 3 is 2.12 bits per heavy atom. The fourth-order valence-corrected chi connectivity index (χ4v) is 3.21. The molecule has 0 aliphatic carbocycles. The predicted octanol–water partition coefficient (Wildman–Crippen LogP) is 3.21. The first-order chi connectivity index (χ1) is 18.8. The van der Waals surface area contributed by atoms with Gasteiger partial charge in [0.05, 0.1) is 18.1 Å². The van der Waals surface area contributed by atoms with Crippen LogP contribution >= 0.6 is 0 Å². The number of hydrogen-bond donors (Lipinski definition) is 4. The molecule has 0 aromatic heterocycles. The van der Waals surface area contributed by atoms with E-state index in [1.807, 2.05) is 46.6 Å². The maximum atomic E-state index is 12.3. The number of aldehydes is 1. The fraction of sp³-hybridized carbons (Fsp3) is 0.700. The van der Waals surface area contributed by atoms with Gasteiger partial charge < -0.3 is 26.1 Å². The Balaban J connectivity index is -0.000000676. The Kier molecular flexibility index (Phi) is 25.6. The van der Waals surface area contributed by atoms with Crippen LogP contribution in [0.1, 0.15) is 87.0 Å². The van der Waals surface area contributed by atoms with Gasteiger partial charge in [-0.15, -0.1) is 18.9 Å². The highest BCUT2D eigenvalue weighted by Gasteiger charge is 2.32.